The van der Waals surface area contributed by atoms with Gasteiger partial charge in [-0.2, -0.15) is 5.10 Å². The Hall–Kier alpha value is -0.950. The molecular formula is C15H28N4O2. The summed E-state index contributed by atoms with van der Waals surface area (Å²) < 4.78 is 7.60. The van der Waals surface area contributed by atoms with E-state index in [2.05, 4.69) is 36.1 Å². The number of aliphatic hydroxyl groups is 1. The topological polar surface area (TPSA) is 62.5 Å². The molecule has 4 atom stereocenters. The zero-order chi connectivity index (χ0) is 15.2. The molecule has 0 radical (unpaired) electrons. The minimum absolute atomic E-state index is 0.243. The quantitative estimate of drug-likeness (QED) is 0.759. The lowest BCUT2D eigenvalue weighted by Gasteiger charge is -2.36. The van der Waals surface area contributed by atoms with Crippen molar-refractivity contribution in [3.05, 3.63) is 18.5 Å². The van der Waals surface area contributed by atoms with Crippen LogP contribution in [-0.2, 0) is 11.3 Å². The molecule has 120 valence electrons. The predicted octanol–water partition coefficient (Wildman–Crippen LogP) is 0.331. The van der Waals surface area contributed by atoms with Crippen LogP contribution in [0.15, 0.2) is 18.5 Å². The number of nitrogens with one attached hydrogen (secondary N) is 1. The molecule has 0 aliphatic carbocycles. The van der Waals surface area contributed by atoms with E-state index in [0.717, 1.165) is 19.6 Å². The second-order valence-electron chi connectivity index (χ2n) is 6.17. The highest BCUT2D eigenvalue weighted by Gasteiger charge is 2.23. The molecule has 0 amide bonds. The summed E-state index contributed by atoms with van der Waals surface area (Å²) in [6.45, 7) is 10.2. The Kier molecular flexibility index (Phi) is 6.17. The minimum atomic E-state index is -0.359. The van der Waals surface area contributed by atoms with Crippen molar-refractivity contribution < 1.29 is 9.84 Å². The molecule has 21 heavy (non-hydrogen) atoms. The highest BCUT2D eigenvalue weighted by Crippen LogP contribution is 2.10. The first-order chi connectivity index (χ1) is 10.0. The van der Waals surface area contributed by atoms with Gasteiger partial charge in [0, 0.05) is 44.6 Å². The molecule has 1 aliphatic rings. The van der Waals surface area contributed by atoms with Crippen molar-refractivity contribution in [2.45, 2.75) is 51.7 Å². The molecule has 2 rings (SSSR count). The summed E-state index contributed by atoms with van der Waals surface area (Å²) in [6, 6.07) is 2.20. The first-order valence-electron chi connectivity index (χ1n) is 7.79. The Morgan fingerprint density at radius 1 is 1.33 bits per heavy atom. The van der Waals surface area contributed by atoms with Crippen molar-refractivity contribution in [1.29, 1.82) is 0 Å². The van der Waals surface area contributed by atoms with Gasteiger partial charge in [-0.05, 0) is 26.8 Å². The zero-order valence-electron chi connectivity index (χ0n) is 13.3. The summed E-state index contributed by atoms with van der Waals surface area (Å²) in [4.78, 5) is 2.28. The molecule has 0 bridgehead atoms. The summed E-state index contributed by atoms with van der Waals surface area (Å²) in [5.41, 5.74) is 0. The molecule has 4 unspecified atom stereocenters. The minimum Gasteiger partial charge on any atom is -0.390 e. The molecule has 0 spiro atoms. The third kappa shape index (κ3) is 5.74. The average molecular weight is 296 g/mol. The smallest absolute Gasteiger partial charge is 0.0791 e. The van der Waals surface area contributed by atoms with Gasteiger partial charge in [-0.25, -0.2) is 0 Å². The van der Waals surface area contributed by atoms with Crippen LogP contribution in [0, 0.1) is 0 Å². The Morgan fingerprint density at radius 3 is 2.67 bits per heavy atom. The normalized spacial score (nSPS) is 26.7. The van der Waals surface area contributed by atoms with Crippen LogP contribution in [0.1, 0.15) is 20.8 Å². The van der Waals surface area contributed by atoms with E-state index in [1.165, 1.54) is 0 Å². The summed E-state index contributed by atoms with van der Waals surface area (Å²) in [7, 11) is 0. The first-order valence-corrected chi connectivity index (χ1v) is 7.79. The molecule has 0 aromatic carbocycles. The molecule has 1 aromatic heterocycles. The highest BCUT2D eigenvalue weighted by molar-refractivity contribution is 4.80. The Morgan fingerprint density at radius 2 is 2.05 bits per heavy atom. The average Bonchev–Trinajstić information content (AvgIpc) is 2.88. The second kappa shape index (κ2) is 7.89. The molecule has 1 aliphatic heterocycles. The maximum atomic E-state index is 10.2. The molecule has 0 saturated carbocycles. The van der Waals surface area contributed by atoms with Gasteiger partial charge in [0.15, 0.2) is 0 Å². The van der Waals surface area contributed by atoms with E-state index in [4.69, 9.17) is 4.74 Å². The van der Waals surface area contributed by atoms with Gasteiger partial charge in [-0.3, -0.25) is 9.58 Å². The van der Waals surface area contributed by atoms with Crippen molar-refractivity contribution in [2.24, 2.45) is 0 Å². The van der Waals surface area contributed by atoms with Crippen molar-refractivity contribution in [2.75, 3.05) is 26.2 Å². The second-order valence-corrected chi connectivity index (χ2v) is 6.17. The highest BCUT2D eigenvalue weighted by atomic mass is 16.5. The van der Waals surface area contributed by atoms with E-state index >= 15 is 0 Å². The number of hydrogen-bond donors (Lipinski definition) is 2. The SMILES string of the molecule is CC(Cn1cccn1)NCC(O)CN1CC(C)OC(C)C1. The van der Waals surface area contributed by atoms with Gasteiger partial charge in [0.05, 0.1) is 24.9 Å². The number of β-amino-alcohol motifs (C(OH)–C–C–N with tert-alkyl or cyclic N) is 1. The van der Waals surface area contributed by atoms with Crippen molar-refractivity contribution in [3.8, 4) is 0 Å². The number of nitrogens with zero attached hydrogens (tertiary/aromatic N) is 3. The number of ether oxygens (including phenoxy) is 1. The standard InChI is InChI=1S/C15H28N4O2/c1-12(8-19-6-4-5-17-19)16-7-15(20)11-18-9-13(2)21-14(3)10-18/h4-6,12-16,20H,7-11H2,1-3H3. The summed E-state index contributed by atoms with van der Waals surface area (Å²) in [5, 5.41) is 17.7. The Bertz CT molecular complexity index is 388. The van der Waals surface area contributed by atoms with Crippen LogP contribution in [0.2, 0.25) is 0 Å². The third-order valence-electron chi connectivity index (χ3n) is 3.69. The number of hydrogen-bond acceptors (Lipinski definition) is 5. The summed E-state index contributed by atoms with van der Waals surface area (Å²) >= 11 is 0. The fourth-order valence-electron chi connectivity index (χ4n) is 2.89. The van der Waals surface area contributed by atoms with E-state index in [9.17, 15) is 5.11 Å². The van der Waals surface area contributed by atoms with E-state index < -0.39 is 0 Å². The lowest BCUT2D eigenvalue weighted by atomic mass is 10.2. The number of rotatable bonds is 7. The van der Waals surface area contributed by atoms with Gasteiger partial charge in [-0.15, -0.1) is 0 Å². The molecule has 1 saturated heterocycles. The lowest BCUT2D eigenvalue weighted by Crippen LogP contribution is -2.50. The van der Waals surface area contributed by atoms with Crippen LogP contribution in [0.3, 0.4) is 0 Å². The molecular weight excluding hydrogens is 268 g/mol. The van der Waals surface area contributed by atoms with Crippen LogP contribution < -0.4 is 5.32 Å². The molecule has 2 heterocycles. The van der Waals surface area contributed by atoms with Gasteiger partial charge in [0.25, 0.3) is 0 Å². The number of aliphatic hydroxyl groups excluding tert-OH is 1. The van der Waals surface area contributed by atoms with Crippen LogP contribution in [0.4, 0.5) is 0 Å². The fourth-order valence-corrected chi connectivity index (χ4v) is 2.89. The molecule has 2 N–H and O–H groups in total. The Labute approximate surface area is 127 Å². The summed E-state index contributed by atoms with van der Waals surface area (Å²) in [5.74, 6) is 0. The van der Waals surface area contributed by atoms with Crippen LogP contribution in [0.5, 0.6) is 0 Å². The number of morpholine rings is 1. The van der Waals surface area contributed by atoms with Gasteiger partial charge < -0.3 is 15.2 Å². The van der Waals surface area contributed by atoms with E-state index in [1.54, 1.807) is 6.20 Å². The maximum absolute atomic E-state index is 10.2. The zero-order valence-corrected chi connectivity index (χ0v) is 13.3. The number of aromatic nitrogens is 2. The lowest BCUT2D eigenvalue weighted by molar-refractivity contribution is -0.0763. The van der Waals surface area contributed by atoms with Gasteiger partial charge in [0.1, 0.15) is 0 Å². The van der Waals surface area contributed by atoms with Crippen molar-refractivity contribution >= 4 is 0 Å². The van der Waals surface area contributed by atoms with Gasteiger partial charge in [0.2, 0.25) is 0 Å². The molecule has 1 fully saturated rings. The summed E-state index contributed by atoms with van der Waals surface area (Å²) in [6.07, 6.45) is 3.86. The predicted molar refractivity (Wildman–Crippen MR) is 82.1 cm³/mol. The Balaban J connectivity index is 1.65. The van der Waals surface area contributed by atoms with Crippen LogP contribution >= 0.6 is 0 Å². The largest absolute Gasteiger partial charge is 0.390 e. The molecule has 6 nitrogen and oxygen atoms in total. The first kappa shape index (κ1) is 16.4. The van der Waals surface area contributed by atoms with E-state index in [0.29, 0.717) is 13.1 Å². The van der Waals surface area contributed by atoms with Gasteiger partial charge >= 0.3 is 0 Å². The molecule has 6 heteroatoms. The van der Waals surface area contributed by atoms with Crippen LogP contribution in [0.25, 0.3) is 0 Å². The molecule has 1 aromatic rings. The maximum Gasteiger partial charge on any atom is 0.0791 e. The van der Waals surface area contributed by atoms with E-state index in [-0.39, 0.29) is 24.4 Å². The van der Waals surface area contributed by atoms with Gasteiger partial charge in [-0.1, -0.05) is 0 Å². The fraction of sp³-hybridized carbons (Fsp3) is 0.800. The van der Waals surface area contributed by atoms with Crippen LogP contribution in [-0.4, -0.2) is 70.3 Å². The monoisotopic (exact) mass is 296 g/mol. The van der Waals surface area contributed by atoms with Crippen molar-refractivity contribution in [1.82, 2.24) is 20.0 Å². The van der Waals surface area contributed by atoms with Crippen molar-refractivity contribution in [3.63, 3.8) is 0 Å². The van der Waals surface area contributed by atoms with E-state index in [1.807, 2.05) is 16.9 Å². The third-order valence-corrected chi connectivity index (χ3v) is 3.69.